The van der Waals surface area contributed by atoms with Crippen LogP contribution in [0, 0.1) is 0 Å². The predicted octanol–water partition coefficient (Wildman–Crippen LogP) is 1.48. The smallest absolute Gasteiger partial charge is 0.119 e. The Morgan fingerprint density at radius 3 is 3.07 bits per heavy atom. The van der Waals surface area contributed by atoms with E-state index in [2.05, 4.69) is 11.4 Å². The lowest BCUT2D eigenvalue weighted by Crippen LogP contribution is -2.34. The lowest BCUT2D eigenvalue weighted by molar-refractivity contribution is 0.116. The van der Waals surface area contributed by atoms with Crippen LogP contribution in [-0.2, 0) is 0 Å². The summed E-state index contributed by atoms with van der Waals surface area (Å²) >= 11 is 0. The number of piperidine rings is 1. The number of ether oxygens (including phenoxy) is 1. The highest BCUT2D eigenvalue weighted by Crippen LogP contribution is 2.25. The average molecular weight is 207 g/mol. The normalized spacial score (nSPS) is 26.3. The van der Waals surface area contributed by atoms with Gasteiger partial charge in [-0.15, -0.1) is 0 Å². The Morgan fingerprint density at radius 1 is 1.47 bits per heavy atom. The Labute approximate surface area is 90.1 Å². The number of aliphatic hydroxyl groups is 1. The Morgan fingerprint density at radius 2 is 2.33 bits per heavy atom. The molecule has 2 N–H and O–H groups in total. The van der Waals surface area contributed by atoms with Gasteiger partial charge in [0.1, 0.15) is 5.75 Å². The van der Waals surface area contributed by atoms with Gasteiger partial charge in [-0.25, -0.2) is 0 Å². The fourth-order valence-corrected chi connectivity index (χ4v) is 2.01. The molecule has 2 rings (SSSR count). The first-order chi connectivity index (χ1) is 7.29. The molecule has 0 bridgehead atoms. The SMILES string of the molecule is COc1cccc(C2CC(O)CCN2)c1. The van der Waals surface area contributed by atoms with Crippen LogP contribution in [0.1, 0.15) is 24.4 Å². The average Bonchev–Trinajstić information content (AvgIpc) is 2.29. The first-order valence-electron chi connectivity index (χ1n) is 5.35. The molecule has 1 aliphatic heterocycles. The minimum Gasteiger partial charge on any atom is -0.497 e. The molecular weight excluding hydrogens is 190 g/mol. The van der Waals surface area contributed by atoms with Gasteiger partial charge in [-0.3, -0.25) is 0 Å². The van der Waals surface area contributed by atoms with Crippen LogP contribution in [0.3, 0.4) is 0 Å². The molecule has 1 saturated heterocycles. The van der Waals surface area contributed by atoms with Crippen molar-refractivity contribution in [3.05, 3.63) is 29.8 Å². The monoisotopic (exact) mass is 207 g/mol. The molecule has 3 nitrogen and oxygen atoms in total. The number of hydrogen-bond donors (Lipinski definition) is 2. The van der Waals surface area contributed by atoms with Crippen LogP contribution in [0.5, 0.6) is 5.75 Å². The molecule has 0 spiro atoms. The Hall–Kier alpha value is -1.06. The van der Waals surface area contributed by atoms with Gasteiger partial charge >= 0.3 is 0 Å². The summed E-state index contributed by atoms with van der Waals surface area (Å²) in [4.78, 5) is 0. The van der Waals surface area contributed by atoms with Crippen LogP contribution in [0.4, 0.5) is 0 Å². The number of aliphatic hydroxyl groups excluding tert-OH is 1. The Bertz CT molecular complexity index is 327. The third-order valence-electron chi connectivity index (χ3n) is 2.87. The first kappa shape index (κ1) is 10.5. The van der Waals surface area contributed by atoms with E-state index in [0.717, 1.165) is 25.1 Å². The van der Waals surface area contributed by atoms with Gasteiger partial charge in [0.15, 0.2) is 0 Å². The minimum absolute atomic E-state index is 0.178. The van der Waals surface area contributed by atoms with Gasteiger partial charge in [-0.05, 0) is 37.1 Å². The minimum atomic E-state index is -0.178. The van der Waals surface area contributed by atoms with Gasteiger partial charge < -0.3 is 15.2 Å². The van der Waals surface area contributed by atoms with Crippen LogP contribution < -0.4 is 10.1 Å². The van der Waals surface area contributed by atoms with Crippen molar-refractivity contribution >= 4 is 0 Å². The summed E-state index contributed by atoms with van der Waals surface area (Å²) in [5.74, 6) is 0.870. The van der Waals surface area contributed by atoms with E-state index in [1.165, 1.54) is 5.56 Å². The van der Waals surface area contributed by atoms with Crippen molar-refractivity contribution in [2.45, 2.75) is 25.0 Å². The van der Waals surface area contributed by atoms with Gasteiger partial charge in [-0.2, -0.15) is 0 Å². The summed E-state index contributed by atoms with van der Waals surface area (Å²) in [7, 11) is 1.67. The van der Waals surface area contributed by atoms with E-state index in [1.54, 1.807) is 7.11 Å². The molecule has 0 aliphatic carbocycles. The van der Waals surface area contributed by atoms with E-state index in [4.69, 9.17) is 4.74 Å². The van der Waals surface area contributed by atoms with Crippen molar-refractivity contribution in [3.8, 4) is 5.75 Å². The number of nitrogens with one attached hydrogen (secondary N) is 1. The van der Waals surface area contributed by atoms with E-state index in [0.29, 0.717) is 0 Å². The molecule has 82 valence electrons. The van der Waals surface area contributed by atoms with Gasteiger partial charge in [-0.1, -0.05) is 12.1 Å². The molecule has 1 aromatic carbocycles. The molecule has 0 aromatic heterocycles. The molecule has 0 saturated carbocycles. The van der Waals surface area contributed by atoms with E-state index in [-0.39, 0.29) is 12.1 Å². The third kappa shape index (κ3) is 2.49. The summed E-state index contributed by atoms with van der Waals surface area (Å²) in [5, 5.41) is 13.0. The van der Waals surface area contributed by atoms with Crippen molar-refractivity contribution < 1.29 is 9.84 Å². The zero-order valence-electron chi connectivity index (χ0n) is 8.94. The van der Waals surface area contributed by atoms with Crippen molar-refractivity contribution in [3.63, 3.8) is 0 Å². The summed E-state index contributed by atoms with van der Waals surface area (Å²) in [6.07, 6.45) is 1.45. The summed E-state index contributed by atoms with van der Waals surface area (Å²) < 4.78 is 5.18. The van der Waals surface area contributed by atoms with Crippen LogP contribution in [-0.4, -0.2) is 24.9 Å². The van der Waals surface area contributed by atoms with Crippen LogP contribution in [0.15, 0.2) is 24.3 Å². The highest BCUT2D eigenvalue weighted by Gasteiger charge is 2.20. The molecular formula is C12H17NO2. The maximum atomic E-state index is 9.60. The third-order valence-corrected chi connectivity index (χ3v) is 2.87. The maximum absolute atomic E-state index is 9.60. The lowest BCUT2D eigenvalue weighted by atomic mass is 9.95. The number of hydrogen-bond acceptors (Lipinski definition) is 3. The number of rotatable bonds is 2. The second-order valence-electron chi connectivity index (χ2n) is 3.96. The van der Waals surface area contributed by atoms with Gasteiger partial charge in [0.25, 0.3) is 0 Å². The molecule has 0 radical (unpaired) electrons. The Kier molecular flexibility index (Phi) is 3.23. The molecule has 1 aromatic rings. The molecule has 3 heteroatoms. The fourth-order valence-electron chi connectivity index (χ4n) is 2.01. The van der Waals surface area contributed by atoms with Crippen molar-refractivity contribution in [2.75, 3.05) is 13.7 Å². The van der Waals surface area contributed by atoms with Crippen LogP contribution in [0.2, 0.25) is 0 Å². The van der Waals surface area contributed by atoms with Crippen LogP contribution >= 0.6 is 0 Å². The van der Waals surface area contributed by atoms with Crippen LogP contribution in [0.25, 0.3) is 0 Å². The van der Waals surface area contributed by atoms with Gasteiger partial charge in [0.2, 0.25) is 0 Å². The van der Waals surface area contributed by atoms with E-state index < -0.39 is 0 Å². The highest BCUT2D eigenvalue weighted by atomic mass is 16.5. The molecule has 0 amide bonds. The van der Waals surface area contributed by atoms with E-state index in [1.807, 2.05) is 18.2 Å². The maximum Gasteiger partial charge on any atom is 0.119 e. The van der Waals surface area contributed by atoms with Crippen molar-refractivity contribution in [1.29, 1.82) is 0 Å². The second-order valence-corrected chi connectivity index (χ2v) is 3.96. The van der Waals surface area contributed by atoms with Gasteiger partial charge in [0.05, 0.1) is 13.2 Å². The topological polar surface area (TPSA) is 41.5 Å². The molecule has 1 heterocycles. The summed E-state index contributed by atoms with van der Waals surface area (Å²) in [6.45, 7) is 0.878. The number of benzene rings is 1. The zero-order valence-corrected chi connectivity index (χ0v) is 8.94. The highest BCUT2D eigenvalue weighted by molar-refractivity contribution is 5.30. The number of methoxy groups -OCH3 is 1. The molecule has 1 fully saturated rings. The Balaban J connectivity index is 2.13. The molecule has 1 aliphatic rings. The quantitative estimate of drug-likeness (QED) is 0.772. The van der Waals surface area contributed by atoms with Crippen molar-refractivity contribution in [1.82, 2.24) is 5.32 Å². The second kappa shape index (κ2) is 4.64. The first-order valence-corrected chi connectivity index (χ1v) is 5.35. The molecule has 2 atom stereocenters. The van der Waals surface area contributed by atoms with E-state index >= 15 is 0 Å². The molecule has 2 unspecified atom stereocenters. The molecule has 15 heavy (non-hydrogen) atoms. The fraction of sp³-hybridized carbons (Fsp3) is 0.500. The summed E-state index contributed by atoms with van der Waals surface area (Å²) in [5.41, 5.74) is 1.19. The van der Waals surface area contributed by atoms with Gasteiger partial charge in [0, 0.05) is 6.04 Å². The standard InChI is InChI=1S/C12H17NO2/c1-15-11-4-2-3-9(7-11)12-8-10(14)5-6-13-12/h2-4,7,10,12-14H,5-6,8H2,1H3. The van der Waals surface area contributed by atoms with E-state index in [9.17, 15) is 5.11 Å². The largest absolute Gasteiger partial charge is 0.497 e. The lowest BCUT2D eigenvalue weighted by Gasteiger charge is -2.27. The van der Waals surface area contributed by atoms with Crippen molar-refractivity contribution in [2.24, 2.45) is 0 Å². The zero-order chi connectivity index (χ0) is 10.7. The predicted molar refractivity (Wildman–Crippen MR) is 59.0 cm³/mol. The summed E-state index contributed by atoms with van der Waals surface area (Å²) in [6, 6.07) is 8.26.